The molecule has 1 aromatic carbocycles. The molecule has 0 saturated heterocycles. The van der Waals surface area contributed by atoms with E-state index < -0.39 is 0 Å². The van der Waals surface area contributed by atoms with Crippen LogP contribution in [0.3, 0.4) is 0 Å². The fourth-order valence-electron chi connectivity index (χ4n) is 3.26. The number of amides is 1. The average Bonchev–Trinajstić information content (AvgIpc) is 2.46. The first-order valence-corrected chi connectivity index (χ1v) is 7.65. The summed E-state index contributed by atoms with van der Waals surface area (Å²) in [5, 5.41) is 6.02. The summed E-state index contributed by atoms with van der Waals surface area (Å²) in [5.41, 5.74) is 2.82. The largest absolute Gasteiger partial charge is 0.354 e. The molecule has 3 nitrogen and oxygen atoms in total. The molecule has 1 amide bonds. The van der Waals surface area contributed by atoms with Crippen LogP contribution in [-0.2, 0) is 10.2 Å². The fourth-order valence-corrected chi connectivity index (χ4v) is 3.26. The van der Waals surface area contributed by atoms with E-state index in [1.54, 1.807) is 7.05 Å². The molecular formula is C17H26N2O. The van der Waals surface area contributed by atoms with Gasteiger partial charge in [-0.1, -0.05) is 49.1 Å². The molecule has 0 spiro atoms. The van der Waals surface area contributed by atoms with Gasteiger partial charge < -0.3 is 10.6 Å². The molecule has 0 unspecified atom stereocenters. The van der Waals surface area contributed by atoms with Crippen molar-refractivity contribution in [3.8, 4) is 0 Å². The van der Waals surface area contributed by atoms with Crippen LogP contribution in [0, 0.1) is 6.92 Å². The van der Waals surface area contributed by atoms with Crippen LogP contribution in [0.2, 0.25) is 0 Å². The minimum absolute atomic E-state index is 0.0881. The quantitative estimate of drug-likeness (QED) is 0.866. The summed E-state index contributed by atoms with van der Waals surface area (Å²) >= 11 is 0. The molecule has 2 rings (SSSR count). The van der Waals surface area contributed by atoms with E-state index in [9.17, 15) is 4.79 Å². The Morgan fingerprint density at radius 3 is 2.65 bits per heavy atom. The van der Waals surface area contributed by atoms with Gasteiger partial charge in [0.2, 0.25) is 5.91 Å². The number of aryl methyl sites for hydroxylation is 1. The summed E-state index contributed by atoms with van der Waals surface area (Å²) in [7, 11) is 1.80. The molecule has 2 N–H and O–H groups in total. The van der Waals surface area contributed by atoms with Crippen molar-refractivity contribution in [3.63, 3.8) is 0 Å². The normalized spacial score (nSPS) is 17.7. The number of nitrogens with one attached hydrogen (secondary N) is 2. The van der Waals surface area contributed by atoms with Crippen LogP contribution < -0.4 is 10.6 Å². The molecule has 0 bridgehead atoms. The van der Waals surface area contributed by atoms with E-state index >= 15 is 0 Å². The molecule has 3 heteroatoms. The molecule has 1 saturated carbocycles. The maximum absolute atomic E-state index is 11.8. The molecule has 0 aliphatic heterocycles. The zero-order valence-corrected chi connectivity index (χ0v) is 12.7. The lowest BCUT2D eigenvalue weighted by Crippen LogP contribution is -2.44. The van der Waals surface area contributed by atoms with Gasteiger partial charge in [0.05, 0.1) is 6.54 Å². The second kappa shape index (κ2) is 6.89. The van der Waals surface area contributed by atoms with Crippen molar-refractivity contribution in [3.05, 3.63) is 35.4 Å². The number of hydrogen-bond donors (Lipinski definition) is 2. The lowest BCUT2D eigenvalue weighted by molar-refractivity contribution is -0.120. The Morgan fingerprint density at radius 1 is 1.25 bits per heavy atom. The van der Waals surface area contributed by atoms with Gasteiger partial charge >= 0.3 is 0 Å². The van der Waals surface area contributed by atoms with E-state index in [0.717, 1.165) is 6.54 Å². The first-order valence-electron chi connectivity index (χ1n) is 7.65. The van der Waals surface area contributed by atoms with Crippen molar-refractivity contribution < 1.29 is 4.79 Å². The summed E-state index contributed by atoms with van der Waals surface area (Å²) in [5.74, 6) is 0.0881. The Morgan fingerprint density at radius 2 is 2.00 bits per heavy atom. The van der Waals surface area contributed by atoms with Crippen LogP contribution in [-0.4, -0.2) is 26.0 Å². The predicted molar refractivity (Wildman–Crippen MR) is 82.9 cm³/mol. The highest BCUT2D eigenvalue weighted by molar-refractivity contribution is 5.78. The van der Waals surface area contributed by atoms with Gasteiger partial charge in [-0.3, -0.25) is 4.79 Å². The number of rotatable bonds is 5. The SMILES string of the molecule is CNCC(=O)NCC1(c2cccc(C)c2)CCCCC1. The van der Waals surface area contributed by atoms with E-state index in [1.807, 2.05) is 0 Å². The van der Waals surface area contributed by atoms with Crippen LogP contribution in [0.5, 0.6) is 0 Å². The molecule has 0 heterocycles. The van der Waals surface area contributed by atoms with Crippen LogP contribution in [0.15, 0.2) is 24.3 Å². The first-order chi connectivity index (χ1) is 9.66. The topological polar surface area (TPSA) is 41.1 Å². The molecule has 1 aliphatic rings. The van der Waals surface area contributed by atoms with Crippen molar-refractivity contribution >= 4 is 5.91 Å². The van der Waals surface area contributed by atoms with Crippen molar-refractivity contribution in [2.45, 2.75) is 44.4 Å². The minimum Gasteiger partial charge on any atom is -0.354 e. The molecular weight excluding hydrogens is 248 g/mol. The van der Waals surface area contributed by atoms with Gasteiger partial charge in [0.15, 0.2) is 0 Å². The van der Waals surface area contributed by atoms with Crippen LogP contribution in [0.4, 0.5) is 0 Å². The number of likely N-dealkylation sites (N-methyl/N-ethyl adjacent to an activating group) is 1. The third-order valence-electron chi connectivity index (χ3n) is 4.40. The highest BCUT2D eigenvalue weighted by Crippen LogP contribution is 2.39. The second-order valence-electron chi connectivity index (χ2n) is 6.02. The number of carbonyl (C=O) groups is 1. The molecule has 1 aliphatic carbocycles. The van der Waals surface area contributed by atoms with E-state index in [4.69, 9.17) is 0 Å². The Kier molecular flexibility index (Phi) is 5.18. The maximum Gasteiger partial charge on any atom is 0.233 e. The second-order valence-corrected chi connectivity index (χ2v) is 6.02. The number of benzene rings is 1. The summed E-state index contributed by atoms with van der Waals surface area (Å²) in [4.78, 5) is 11.8. The van der Waals surface area contributed by atoms with E-state index in [-0.39, 0.29) is 11.3 Å². The standard InChI is InChI=1S/C17H26N2O/c1-14-7-6-8-15(11-14)17(9-4-3-5-10-17)13-19-16(20)12-18-2/h6-8,11,18H,3-5,9-10,12-13H2,1-2H3,(H,19,20). The molecule has 0 atom stereocenters. The summed E-state index contributed by atoms with van der Waals surface area (Å²) in [6.07, 6.45) is 6.19. The molecule has 0 aromatic heterocycles. The molecule has 110 valence electrons. The molecule has 0 radical (unpaired) electrons. The van der Waals surface area contributed by atoms with Gasteiger partial charge in [-0.25, -0.2) is 0 Å². The van der Waals surface area contributed by atoms with Gasteiger partial charge in [0.1, 0.15) is 0 Å². The maximum atomic E-state index is 11.8. The van der Waals surface area contributed by atoms with Gasteiger partial charge in [-0.05, 0) is 32.4 Å². The smallest absolute Gasteiger partial charge is 0.233 e. The van der Waals surface area contributed by atoms with Crippen LogP contribution in [0.25, 0.3) is 0 Å². The minimum atomic E-state index is 0.0881. The highest BCUT2D eigenvalue weighted by Gasteiger charge is 2.34. The lowest BCUT2D eigenvalue weighted by atomic mass is 9.69. The van der Waals surface area contributed by atoms with Crippen LogP contribution in [0.1, 0.15) is 43.2 Å². The molecule has 20 heavy (non-hydrogen) atoms. The fraction of sp³-hybridized carbons (Fsp3) is 0.588. The van der Waals surface area contributed by atoms with Gasteiger partial charge in [-0.15, -0.1) is 0 Å². The van der Waals surface area contributed by atoms with Crippen molar-refractivity contribution in [1.82, 2.24) is 10.6 Å². The summed E-state index contributed by atoms with van der Waals surface area (Å²) < 4.78 is 0. The van der Waals surface area contributed by atoms with E-state index in [0.29, 0.717) is 6.54 Å². The number of hydrogen-bond acceptors (Lipinski definition) is 2. The zero-order chi connectivity index (χ0) is 14.4. The molecule has 1 aromatic rings. The monoisotopic (exact) mass is 274 g/mol. The van der Waals surface area contributed by atoms with Crippen molar-refractivity contribution in [1.29, 1.82) is 0 Å². The number of carbonyl (C=O) groups excluding carboxylic acids is 1. The van der Waals surface area contributed by atoms with Gasteiger partial charge in [0, 0.05) is 12.0 Å². The van der Waals surface area contributed by atoms with Crippen LogP contribution >= 0.6 is 0 Å². The van der Waals surface area contributed by atoms with E-state index in [1.165, 1.54) is 43.2 Å². The Bertz CT molecular complexity index is 450. The van der Waals surface area contributed by atoms with E-state index in [2.05, 4.69) is 41.8 Å². The average molecular weight is 274 g/mol. The van der Waals surface area contributed by atoms with Gasteiger partial charge in [-0.2, -0.15) is 0 Å². The third kappa shape index (κ3) is 3.60. The third-order valence-corrected chi connectivity index (χ3v) is 4.40. The summed E-state index contributed by atoms with van der Waals surface area (Å²) in [6, 6.07) is 8.79. The zero-order valence-electron chi connectivity index (χ0n) is 12.7. The lowest BCUT2D eigenvalue weighted by Gasteiger charge is -2.38. The van der Waals surface area contributed by atoms with Crippen molar-refractivity contribution in [2.24, 2.45) is 0 Å². The summed E-state index contributed by atoms with van der Waals surface area (Å²) in [6.45, 7) is 3.29. The predicted octanol–water partition coefficient (Wildman–Crippen LogP) is 2.53. The Hall–Kier alpha value is -1.35. The Balaban J connectivity index is 2.15. The molecule has 1 fully saturated rings. The van der Waals surface area contributed by atoms with Gasteiger partial charge in [0.25, 0.3) is 0 Å². The Labute approximate surface area is 122 Å². The van der Waals surface area contributed by atoms with Crippen molar-refractivity contribution in [2.75, 3.05) is 20.1 Å². The highest BCUT2D eigenvalue weighted by atomic mass is 16.1. The first kappa shape index (κ1) is 15.0.